The zero-order chi connectivity index (χ0) is 21.8. The van der Waals surface area contributed by atoms with Crippen LogP contribution < -0.4 is 0 Å². The first-order valence-corrected chi connectivity index (χ1v) is 12.9. The molecule has 30 heavy (non-hydrogen) atoms. The smallest absolute Gasteiger partial charge is 0.243 e. The van der Waals surface area contributed by atoms with Gasteiger partial charge in [0.2, 0.25) is 10.0 Å². The number of ether oxygens (including phenoxy) is 2. The molecule has 3 aliphatic heterocycles. The molecule has 1 spiro atoms. The number of aliphatic hydroxyl groups excluding tert-OH is 1. The van der Waals surface area contributed by atoms with Crippen molar-refractivity contribution in [2.75, 3.05) is 19.7 Å². The average molecular weight is 502 g/mol. The van der Waals surface area contributed by atoms with Crippen molar-refractivity contribution >= 4 is 26.0 Å². The molecular weight excluding hydrogens is 470 g/mol. The molecule has 168 valence electrons. The number of hydrogen-bond donors (Lipinski definition) is 1. The third-order valence-corrected chi connectivity index (χ3v) is 9.85. The largest absolute Gasteiger partial charge is 0.390 e. The molecule has 1 N–H and O–H groups in total. The molecule has 8 heteroatoms. The van der Waals surface area contributed by atoms with E-state index < -0.39 is 27.3 Å². The maximum absolute atomic E-state index is 13.0. The summed E-state index contributed by atoms with van der Waals surface area (Å²) in [5.41, 5.74) is -1.10. The number of aliphatic hydroxyl groups is 1. The Morgan fingerprint density at radius 2 is 1.73 bits per heavy atom. The van der Waals surface area contributed by atoms with E-state index in [0.717, 1.165) is 30.2 Å². The summed E-state index contributed by atoms with van der Waals surface area (Å²) in [7, 11) is -3.49. The van der Waals surface area contributed by atoms with Gasteiger partial charge in [-0.1, -0.05) is 15.9 Å². The van der Waals surface area contributed by atoms with Crippen molar-refractivity contribution in [2.45, 2.75) is 81.2 Å². The van der Waals surface area contributed by atoms with E-state index in [1.165, 1.54) is 0 Å². The van der Waals surface area contributed by atoms with Crippen LogP contribution in [0.4, 0.5) is 0 Å². The van der Waals surface area contributed by atoms with Crippen LogP contribution in [0.3, 0.4) is 0 Å². The van der Waals surface area contributed by atoms with Gasteiger partial charge in [0.05, 0.1) is 34.9 Å². The predicted molar refractivity (Wildman–Crippen MR) is 118 cm³/mol. The highest BCUT2D eigenvalue weighted by molar-refractivity contribution is 9.10. The summed E-state index contributed by atoms with van der Waals surface area (Å²) < 4.78 is 41.3. The van der Waals surface area contributed by atoms with E-state index in [1.807, 2.05) is 13.8 Å². The lowest BCUT2D eigenvalue weighted by Gasteiger charge is -2.52. The lowest BCUT2D eigenvalue weighted by molar-refractivity contribution is -0.239. The van der Waals surface area contributed by atoms with E-state index in [1.54, 1.807) is 28.6 Å². The molecule has 1 aromatic carbocycles. The van der Waals surface area contributed by atoms with E-state index in [9.17, 15) is 13.5 Å². The van der Waals surface area contributed by atoms with E-state index in [2.05, 4.69) is 22.9 Å². The number of benzene rings is 1. The van der Waals surface area contributed by atoms with Crippen LogP contribution in [0.25, 0.3) is 0 Å². The van der Waals surface area contributed by atoms with Crippen LogP contribution in [-0.4, -0.2) is 60.9 Å². The first-order chi connectivity index (χ1) is 14.0. The molecule has 3 aliphatic rings. The fraction of sp³-hybridized carbons (Fsp3) is 0.727. The van der Waals surface area contributed by atoms with Crippen LogP contribution in [0.15, 0.2) is 33.6 Å². The van der Waals surface area contributed by atoms with E-state index in [4.69, 9.17) is 9.47 Å². The minimum atomic E-state index is -3.49. The molecule has 4 rings (SSSR count). The van der Waals surface area contributed by atoms with Gasteiger partial charge in [0.25, 0.3) is 0 Å². The predicted octanol–water partition coefficient (Wildman–Crippen LogP) is 3.72. The van der Waals surface area contributed by atoms with Gasteiger partial charge in [-0.3, -0.25) is 0 Å². The number of piperidine rings is 1. The maximum atomic E-state index is 13.0. The average Bonchev–Trinajstić information content (AvgIpc) is 2.78. The van der Waals surface area contributed by atoms with E-state index >= 15 is 0 Å². The Morgan fingerprint density at radius 1 is 1.10 bits per heavy atom. The lowest BCUT2D eigenvalue weighted by atomic mass is 9.70. The van der Waals surface area contributed by atoms with Crippen molar-refractivity contribution in [3.8, 4) is 0 Å². The molecule has 0 saturated carbocycles. The summed E-state index contributed by atoms with van der Waals surface area (Å²) in [4.78, 5) is 0.331. The molecule has 0 amide bonds. The van der Waals surface area contributed by atoms with Crippen molar-refractivity contribution in [3.05, 3.63) is 28.7 Å². The molecule has 0 radical (unpaired) electrons. The summed E-state index contributed by atoms with van der Waals surface area (Å²) in [6.45, 7) is 7.56. The van der Waals surface area contributed by atoms with Gasteiger partial charge in [-0.15, -0.1) is 0 Å². The van der Waals surface area contributed by atoms with E-state index in [0.29, 0.717) is 31.0 Å². The summed E-state index contributed by atoms with van der Waals surface area (Å²) in [5.74, 6) is 0. The fourth-order valence-corrected chi connectivity index (χ4v) is 6.71. The Morgan fingerprint density at radius 3 is 2.37 bits per heavy atom. The molecule has 3 heterocycles. The number of halogens is 1. The van der Waals surface area contributed by atoms with Gasteiger partial charge in [-0.05, 0) is 82.6 Å². The Kier molecular flexibility index (Phi) is 5.91. The second-order valence-corrected chi connectivity index (χ2v) is 12.8. The molecule has 3 atom stereocenters. The quantitative estimate of drug-likeness (QED) is 0.668. The van der Waals surface area contributed by atoms with Crippen molar-refractivity contribution in [1.82, 2.24) is 4.31 Å². The molecular formula is C22H32BrNO5S. The lowest BCUT2D eigenvalue weighted by Crippen LogP contribution is -2.57. The van der Waals surface area contributed by atoms with E-state index in [-0.39, 0.29) is 11.5 Å². The Balaban J connectivity index is 1.47. The molecule has 3 saturated heterocycles. The molecule has 3 fully saturated rings. The number of hydrogen-bond acceptors (Lipinski definition) is 5. The highest BCUT2D eigenvalue weighted by Gasteiger charge is 2.54. The van der Waals surface area contributed by atoms with Crippen LogP contribution in [0.1, 0.15) is 52.9 Å². The fourth-order valence-electron chi connectivity index (χ4n) is 5.00. The normalized spacial score (nSPS) is 34.3. The summed E-state index contributed by atoms with van der Waals surface area (Å²) in [6.07, 6.45) is 3.15. The highest BCUT2D eigenvalue weighted by atomic mass is 79.9. The SMILES string of the molecule is CC1(C)O[C@@H]2CC3(CCN(S(=O)(=O)c4ccc(Br)cc4)CC3)CO[C@@]2(C)CC[C@@H]1O. The minimum absolute atomic E-state index is 0.0821. The van der Waals surface area contributed by atoms with Gasteiger partial charge in [-0.25, -0.2) is 8.42 Å². The Labute approximate surface area is 188 Å². The maximum Gasteiger partial charge on any atom is 0.243 e. The summed E-state index contributed by atoms with van der Waals surface area (Å²) in [5, 5.41) is 10.5. The van der Waals surface area contributed by atoms with Crippen molar-refractivity contribution in [3.63, 3.8) is 0 Å². The minimum Gasteiger partial charge on any atom is -0.390 e. The summed E-state index contributed by atoms with van der Waals surface area (Å²) >= 11 is 3.36. The zero-order valence-electron chi connectivity index (χ0n) is 17.9. The van der Waals surface area contributed by atoms with Crippen molar-refractivity contribution < 1.29 is 23.0 Å². The van der Waals surface area contributed by atoms with Gasteiger partial charge in [0, 0.05) is 17.6 Å². The topological polar surface area (TPSA) is 76.1 Å². The van der Waals surface area contributed by atoms with Gasteiger partial charge >= 0.3 is 0 Å². The van der Waals surface area contributed by atoms with Crippen LogP contribution in [-0.2, 0) is 19.5 Å². The molecule has 0 unspecified atom stereocenters. The second-order valence-electron chi connectivity index (χ2n) is 9.93. The monoisotopic (exact) mass is 501 g/mol. The standard InChI is InChI=1S/C22H32BrNO5S/c1-20(2)18(25)8-9-21(3)19(29-20)14-22(15-28-21)10-12-24(13-11-22)30(26,27)17-6-4-16(23)5-7-17/h4-7,18-19,25H,8-15H2,1-3H3/t18-,19+,21-/m0/s1. The number of rotatable bonds is 2. The molecule has 6 nitrogen and oxygen atoms in total. The third-order valence-electron chi connectivity index (χ3n) is 7.40. The summed E-state index contributed by atoms with van der Waals surface area (Å²) in [6, 6.07) is 6.80. The van der Waals surface area contributed by atoms with Crippen molar-refractivity contribution in [1.29, 1.82) is 0 Å². The number of sulfonamides is 1. The van der Waals surface area contributed by atoms with Gasteiger partial charge in [-0.2, -0.15) is 4.31 Å². The molecule has 0 aliphatic carbocycles. The van der Waals surface area contributed by atoms with Crippen LogP contribution in [0, 0.1) is 5.41 Å². The van der Waals surface area contributed by atoms with Crippen LogP contribution >= 0.6 is 15.9 Å². The van der Waals surface area contributed by atoms with Crippen LogP contribution in [0.2, 0.25) is 0 Å². The highest BCUT2D eigenvalue weighted by Crippen LogP contribution is 2.49. The van der Waals surface area contributed by atoms with Gasteiger partial charge in [0.1, 0.15) is 0 Å². The van der Waals surface area contributed by atoms with Gasteiger partial charge in [0.15, 0.2) is 0 Å². The number of nitrogens with zero attached hydrogens (tertiary/aromatic N) is 1. The molecule has 1 aromatic rings. The van der Waals surface area contributed by atoms with Gasteiger partial charge < -0.3 is 14.6 Å². The molecule has 0 aromatic heterocycles. The first-order valence-electron chi connectivity index (χ1n) is 10.7. The number of fused-ring (bicyclic) bond motifs is 1. The Bertz CT molecular complexity index is 879. The second kappa shape index (κ2) is 7.81. The molecule has 0 bridgehead atoms. The zero-order valence-corrected chi connectivity index (χ0v) is 20.3. The Hall–Kier alpha value is -0.510. The van der Waals surface area contributed by atoms with Crippen LogP contribution in [0.5, 0.6) is 0 Å². The third kappa shape index (κ3) is 4.11. The first kappa shape index (κ1) is 22.7. The van der Waals surface area contributed by atoms with Crippen molar-refractivity contribution in [2.24, 2.45) is 5.41 Å².